The summed E-state index contributed by atoms with van der Waals surface area (Å²) in [7, 11) is 0. The number of anilines is 1. The maximum Gasteiger partial charge on any atom is 0.359 e. The number of nitrogens with zero attached hydrogens (tertiary/aromatic N) is 3. The predicted molar refractivity (Wildman–Crippen MR) is 112 cm³/mol. The molecule has 31 heavy (non-hydrogen) atoms. The van der Waals surface area contributed by atoms with Crippen molar-refractivity contribution in [3.63, 3.8) is 0 Å². The quantitative estimate of drug-likeness (QED) is 0.371. The number of amides is 1. The molecule has 0 saturated carbocycles. The van der Waals surface area contributed by atoms with Crippen LogP contribution >= 0.6 is 0 Å². The predicted octanol–water partition coefficient (Wildman–Crippen LogP) is 3.37. The number of para-hydroxylation sites is 1. The van der Waals surface area contributed by atoms with Gasteiger partial charge in [-0.1, -0.05) is 24.3 Å². The van der Waals surface area contributed by atoms with Crippen molar-refractivity contribution in [1.29, 1.82) is 0 Å². The second-order valence-corrected chi connectivity index (χ2v) is 7.28. The number of benzene rings is 2. The van der Waals surface area contributed by atoms with Crippen molar-refractivity contribution in [1.82, 2.24) is 9.78 Å². The Labute approximate surface area is 177 Å². The van der Waals surface area contributed by atoms with E-state index in [9.17, 15) is 19.7 Å². The molecule has 0 fully saturated rings. The van der Waals surface area contributed by atoms with Crippen molar-refractivity contribution in [2.45, 2.75) is 26.2 Å². The van der Waals surface area contributed by atoms with E-state index in [0.29, 0.717) is 12.0 Å². The fourth-order valence-corrected chi connectivity index (χ4v) is 3.67. The molecule has 0 bridgehead atoms. The lowest BCUT2D eigenvalue weighted by Gasteiger charge is -2.07. The summed E-state index contributed by atoms with van der Waals surface area (Å²) in [6.45, 7) is 1.14. The Balaban J connectivity index is 1.47. The van der Waals surface area contributed by atoms with Crippen LogP contribution in [-0.2, 0) is 22.4 Å². The number of hydrogen-bond acceptors (Lipinski definition) is 6. The van der Waals surface area contributed by atoms with Crippen molar-refractivity contribution < 1.29 is 19.2 Å². The maximum atomic E-state index is 12.6. The van der Waals surface area contributed by atoms with Crippen LogP contribution in [0.2, 0.25) is 0 Å². The topological polar surface area (TPSA) is 116 Å². The van der Waals surface area contributed by atoms with Crippen LogP contribution in [0.15, 0.2) is 48.5 Å². The van der Waals surface area contributed by atoms with Gasteiger partial charge in [-0.3, -0.25) is 14.9 Å². The normalized spacial score (nSPS) is 12.3. The number of nitrogens with one attached hydrogen (secondary N) is 1. The molecule has 1 N–H and O–H groups in total. The van der Waals surface area contributed by atoms with Crippen molar-refractivity contribution >= 4 is 23.3 Å². The van der Waals surface area contributed by atoms with E-state index in [1.54, 1.807) is 17.7 Å². The summed E-state index contributed by atoms with van der Waals surface area (Å²) < 4.78 is 6.91. The molecule has 1 aromatic heterocycles. The van der Waals surface area contributed by atoms with Crippen LogP contribution < -0.4 is 5.32 Å². The van der Waals surface area contributed by atoms with Gasteiger partial charge in [-0.15, -0.1) is 0 Å². The standard InChI is InChI=1S/C22H20N4O5/c1-14-10-11-17(19(12-14)26(29)30)23-20(27)13-31-22(28)21-16-8-5-9-18(16)25(24-21)15-6-3-2-4-7-15/h2-4,6-7,10-12H,5,8-9,13H2,1H3,(H,23,27). The average molecular weight is 420 g/mol. The summed E-state index contributed by atoms with van der Waals surface area (Å²) in [6, 6.07) is 14.0. The molecule has 2 aromatic carbocycles. The van der Waals surface area contributed by atoms with Gasteiger partial charge in [0.15, 0.2) is 12.3 Å². The lowest BCUT2D eigenvalue weighted by Crippen LogP contribution is -2.22. The van der Waals surface area contributed by atoms with Crippen molar-refractivity contribution in [3.8, 4) is 5.69 Å². The minimum atomic E-state index is -0.693. The fraction of sp³-hybridized carbons (Fsp3) is 0.227. The molecule has 0 radical (unpaired) electrons. The second-order valence-electron chi connectivity index (χ2n) is 7.28. The molecule has 1 heterocycles. The summed E-state index contributed by atoms with van der Waals surface area (Å²) in [5.74, 6) is -1.36. The first kappa shape index (κ1) is 20.3. The highest BCUT2D eigenvalue weighted by atomic mass is 16.6. The minimum absolute atomic E-state index is 0.0471. The van der Waals surface area contributed by atoms with Crippen LogP contribution in [0.3, 0.4) is 0 Å². The molecular weight excluding hydrogens is 400 g/mol. The fourth-order valence-electron chi connectivity index (χ4n) is 3.67. The number of hydrogen-bond donors (Lipinski definition) is 1. The molecule has 158 valence electrons. The Bertz CT molecular complexity index is 1170. The van der Waals surface area contributed by atoms with Crippen molar-refractivity contribution in [3.05, 3.63) is 81.2 Å². The third kappa shape index (κ3) is 4.16. The molecule has 0 spiro atoms. The molecule has 0 unspecified atom stereocenters. The number of carbonyl (C=O) groups is 2. The maximum absolute atomic E-state index is 12.6. The van der Waals surface area contributed by atoms with E-state index in [4.69, 9.17) is 4.74 Å². The highest BCUT2D eigenvalue weighted by Gasteiger charge is 2.28. The van der Waals surface area contributed by atoms with Crippen molar-refractivity contribution in [2.24, 2.45) is 0 Å². The van der Waals surface area contributed by atoms with Gasteiger partial charge in [-0.25, -0.2) is 9.48 Å². The van der Waals surface area contributed by atoms with E-state index in [1.165, 1.54) is 12.1 Å². The van der Waals surface area contributed by atoms with Gasteiger partial charge in [0, 0.05) is 17.3 Å². The Morgan fingerprint density at radius 2 is 1.97 bits per heavy atom. The number of nitro groups is 1. The van der Waals surface area contributed by atoms with Crippen LogP contribution in [0.1, 0.15) is 33.7 Å². The summed E-state index contributed by atoms with van der Waals surface area (Å²) in [6.07, 6.45) is 2.44. The van der Waals surface area contributed by atoms with Crippen LogP contribution in [-0.4, -0.2) is 33.2 Å². The van der Waals surface area contributed by atoms with Crippen molar-refractivity contribution in [2.75, 3.05) is 11.9 Å². The number of nitro benzene ring substituents is 1. The SMILES string of the molecule is Cc1ccc(NC(=O)COC(=O)c2nn(-c3ccccc3)c3c2CCC3)c([N+](=O)[O-])c1. The molecule has 9 nitrogen and oxygen atoms in total. The number of fused-ring (bicyclic) bond motifs is 1. The highest BCUT2D eigenvalue weighted by molar-refractivity contribution is 5.96. The van der Waals surface area contributed by atoms with Gasteiger partial charge in [0.05, 0.1) is 10.6 Å². The first-order valence-corrected chi connectivity index (χ1v) is 9.82. The van der Waals surface area contributed by atoms with Gasteiger partial charge in [0.1, 0.15) is 5.69 Å². The molecule has 1 aliphatic rings. The van der Waals surface area contributed by atoms with E-state index < -0.39 is 23.4 Å². The van der Waals surface area contributed by atoms with E-state index in [0.717, 1.165) is 29.8 Å². The van der Waals surface area contributed by atoms with Crippen LogP contribution in [0.25, 0.3) is 5.69 Å². The van der Waals surface area contributed by atoms with Gasteiger partial charge in [-0.05, 0) is 49.9 Å². The van der Waals surface area contributed by atoms with Gasteiger partial charge >= 0.3 is 5.97 Å². The number of esters is 1. The van der Waals surface area contributed by atoms with Gasteiger partial charge in [0.25, 0.3) is 11.6 Å². The van der Waals surface area contributed by atoms with E-state index >= 15 is 0 Å². The second kappa shape index (κ2) is 8.39. The summed E-state index contributed by atoms with van der Waals surface area (Å²) >= 11 is 0. The molecule has 0 aliphatic heterocycles. The van der Waals surface area contributed by atoms with E-state index in [-0.39, 0.29) is 17.1 Å². The third-order valence-corrected chi connectivity index (χ3v) is 5.08. The molecule has 3 aromatic rings. The summed E-state index contributed by atoms with van der Waals surface area (Å²) in [4.78, 5) is 35.5. The third-order valence-electron chi connectivity index (χ3n) is 5.08. The zero-order chi connectivity index (χ0) is 22.0. The number of aryl methyl sites for hydroxylation is 1. The van der Waals surface area contributed by atoms with E-state index in [1.807, 2.05) is 30.3 Å². The zero-order valence-corrected chi connectivity index (χ0v) is 16.8. The molecule has 4 rings (SSSR count). The highest BCUT2D eigenvalue weighted by Crippen LogP contribution is 2.28. The van der Waals surface area contributed by atoms with Crippen LogP contribution in [0.5, 0.6) is 0 Å². The first-order valence-electron chi connectivity index (χ1n) is 9.82. The Kier molecular flexibility index (Phi) is 5.48. The minimum Gasteiger partial charge on any atom is -0.451 e. The van der Waals surface area contributed by atoms with Gasteiger partial charge in [-0.2, -0.15) is 5.10 Å². The van der Waals surface area contributed by atoms with Crippen LogP contribution in [0.4, 0.5) is 11.4 Å². The molecule has 1 aliphatic carbocycles. The summed E-state index contributed by atoms with van der Waals surface area (Å²) in [5.41, 5.74) is 3.37. The van der Waals surface area contributed by atoms with Gasteiger partial charge in [0.2, 0.25) is 0 Å². The molecule has 0 saturated heterocycles. The van der Waals surface area contributed by atoms with Gasteiger partial charge < -0.3 is 10.1 Å². The Hall–Kier alpha value is -4.01. The molecule has 0 atom stereocenters. The molecule has 1 amide bonds. The zero-order valence-electron chi connectivity index (χ0n) is 16.8. The smallest absolute Gasteiger partial charge is 0.359 e. The largest absolute Gasteiger partial charge is 0.451 e. The van der Waals surface area contributed by atoms with E-state index in [2.05, 4.69) is 10.4 Å². The number of carbonyl (C=O) groups excluding carboxylic acids is 2. The van der Waals surface area contributed by atoms with Crippen LogP contribution in [0, 0.1) is 17.0 Å². The number of aromatic nitrogens is 2. The lowest BCUT2D eigenvalue weighted by atomic mass is 10.2. The average Bonchev–Trinajstić information content (AvgIpc) is 3.36. The monoisotopic (exact) mass is 420 g/mol. The lowest BCUT2D eigenvalue weighted by molar-refractivity contribution is -0.384. The molecular formula is C22H20N4O5. The molecule has 9 heteroatoms. The Morgan fingerprint density at radius 1 is 1.19 bits per heavy atom. The summed E-state index contributed by atoms with van der Waals surface area (Å²) in [5, 5.41) is 18.1. The number of rotatable bonds is 6. The first-order chi connectivity index (χ1) is 14.9. The Morgan fingerprint density at radius 3 is 2.71 bits per heavy atom. The number of ether oxygens (including phenoxy) is 1.